The maximum atomic E-state index is 12.7. The molecule has 4 rings (SSSR count). The van der Waals surface area contributed by atoms with Gasteiger partial charge in [0.1, 0.15) is 10.7 Å². The lowest BCUT2D eigenvalue weighted by molar-refractivity contribution is -0.00546. The zero-order valence-corrected chi connectivity index (χ0v) is 19.0. The molecule has 0 aliphatic carbocycles. The Hall–Kier alpha value is -2.77. The Balaban J connectivity index is 1.34. The quantitative estimate of drug-likeness (QED) is 0.633. The van der Waals surface area contributed by atoms with Crippen LogP contribution in [-0.4, -0.2) is 41.2 Å². The number of anilines is 1. The Kier molecular flexibility index (Phi) is 6.63. The van der Waals surface area contributed by atoms with Gasteiger partial charge >= 0.3 is 0 Å². The average molecular weight is 437 g/mol. The van der Waals surface area contributed by atoms with Gasteiger partial charge in [0, 0.05) is 32.3 Å². The molecule has 2 atom stereocenters. The smallest absolute Gasteiger partial charge is 0.263 e. The number of morpholine rings is 1. The number of hydrogen-bond acceptors (Lipinski definition) is 6. The first-order chi connectivity index (χ1) is 15.0. The summed E-state index contributed by atoms with van der Waals surface area (Å²) in [7, 11) is 0. The van der Waals surface area contributed by atoms with E-state index in [1.54, 1.807) is 0 Å². The second kappa shape index (κ2) is 9.58. The van der Waals surface area contributed by atoms with Crippen LogP contribution in [0.4, 0.5) is 5.82 Å². The third-order valence-electron chi connectivity index (χ3n) is 5.25. The molecule has 1 aromatic carbocycles. The first-order valence-corrected chi connectivity index (χ1v) is 11.4. The number of nitrogens with one attached hydrogen (secondary N) is 1. The van der Waals surface area contributed by atoms with Crippen molar-refractivity contribution in [2.24, 2.45) is 0 Å². The summed E-state index contributed by atoms with van der Waals surface area (Å²) in [5.41, 5.74) is 2.94. The molecular weight excluding hydrogens is 408 g/mol. The second-order valence-corrected chi connectivity index (χ2v) is 9.14. The van der Waals surface area contributed by atoms with Crippen molar-refractivity contribution < 1.29 is 9.53 Å². The molecule has 0 spiro atoms. The van der Waals surface area contributed by atoms with Crippen molar-refractivity contribution in [1.29, 1.82) is 0 Å². The maximum Gasteiger partial charge on any atom is 0.263 e. The first kappa shape index (κ1) is 21.5. The van der Waals surface area contributed by atoms with Crippen molar-refractivity contribution in [1.82, 2.24) is 15.3 Å². The number of aromatic nitrogens is 2. The number of carbonyl (C=O) groups is 1. The van der Waals surface area contributed by atoms with E-state index in [-0.39, 0.29) is 18.1 Å². The Labute approximate surface area is 187 Å². The van der Waals surface area contributed by atoms with Gasteiger partial charge in [-0.2, -0.15) is 0 Å². The Bertz CT molecular complexity index is 1010. The van der Waals surface area contributed by atoms with Crippen molar-refractivity contribution in [3.05, 3.63) is 75.4 Å². The van der Waals surface area contributed by atoms with Crippen LogP contribution in [0.5, 0.6) is 0 Å². The fourth-order valence-electron chi connectivity index (χ4n) is 3.84. The van der Waals surface area contributed by atoms with Crippen molar-refractivity contribution in [3.63, 3.8) is 0 Å². The van der Waals surface area contributed by atoms with Gasteiger partial charge in [-0.25, -0.2) is 9.97 Å². The van der Waals surface area contributed by atoms with Crippen LogP contribution >= 0.6 is 11.3 Å². The van der Waals surface area contributed by atoms with Gasteiger partial charge in [0.25, 0.3) is 5.91 Å². The molecule has 0 bridgehead atoms. The van der Waals surface area contributed by atoms with Crippen molar-refractivity contribution in [2.75, 3.05) is 18.0 Å². The van der Waals surface area contributed by atoms with Crippen LogP contribution in [0.2, 0.25) is 0 Å². The monoisotopic (exact) mass is 436 g/mol. The molecule has 1 N–H and O–H groups in total. The number of benzene rings is 1. The molecule has 3 aromatic rings. The highest BCUT2D eigenvalue weighted by atomic mass is 32.1. The molecule has 1 saturated heterocycles. The van der Waals surface area contributed by atoms with E-state index in [2.05, 4.69) is 46.2 Å². The van der Waals surface area contributed by atoms with Crippen molar-refractivity contribution in [2.45, 2.75) is 45.9 Å². The van der Waals surface area contributed by atoms with E-state index in [1.807, 2.05) is 43.5 Å². The summed E-state index contributed by atoms with van der Waals surface area (Å²) < 4.78 is 5.79. The maximum absolute atomic E-state index is 12.7. The number of amides is 1. The molecule has 7 heteroatoms. The Morgan fingerprint density at radius 1 is 1.13 bits per heavy atom. The predicted octanol–water partition coefficient (Wildman–Crippen LogP) is 3.98. The number of ether oxygens (including phenoxy) is 1. The zero-order chi connectivity index (χ0) is 21.8. The molecule has 1 aliphatic heterocycles. The number of aryl methyl sites for hydroxylation is 1. The first-order valence-electron chi connectivity index (χ1n) is 10.6. The average Bonchev–Trinajstić information content (AvgIpc) is 3.12. The summed E-state index contributed by atoms with van der Waals surface area (Å²) in [6, 6.07) is 14.2. The molecule has 0 saturated carbocycles. The zero-order valence-electron chi connectivity index (χ0n) is 18.2. The van der Waals surface area contributed by atoms with Gasteiger partial charge in [0.15, 0.2) is 0 Å². The van der Waals surface area contributed by atoms with Crippen LogP contribution < -0.4 is 10.2 Å². The van der Waals surface area contributed by atoms with Crippen LogP contribution in [0.3, 0.4) is 0 Å². The summed E-state index contributed by atoms with van der Waals surface area (Å²) in [6.45, 7) is 8.17. The van der Waals surface area contributed by atoms with E-state index in [1.165, 1.54) is 16.9 Å². The lowest BCUT2D eigenvalue weighted by Crippen LogP contribution is -2.45. The summed E-state index contributed by atoms with van der Waals surface area (Å²) in [5.74, 6) is 0.857. The highest BCUT2D eigenvalue weighted by Crippen LogP contribution is 2.21. The molecule has 6 nitrogen and oxygen atoms in total. The summed E-state index contributed by atoms with van der Waals surface area (Å²) in [4.78, 5) is 24.8. The minimum atomic E-state index is -0.0887. The number of rotatable bonds is 6. The molecule has 2 aromatic heterocycles. The van der Waals surface area contributed by atoms with Gasteiger partial charge in [-0.3, -0.25) is 4.79 Å². The molecule has 1 amide bonds. The van der Waals surface area contributed by atoms with Gasteiger partial charge in [0.05, 0.1) is 22.9 Å². The van der Waals surface area contributed by atoms with Gasteiger partial charge in [-0.05, 0) is 38.0 Å². The Morgan fingerprint density at radius 3 is 2.55 bits per heavy atom. The highest BCUT2D eigenvalue weighted by molar-refractivity contribution is 7.13. The third-order valence-corrected chi connectivity index (χ3v) is 6.41. The van der Waals surface area contributed by atoms with E-state index in [0.29, 0.717) is 11.4 Å². The minimum absolute atomic E-state index is 0.0887. The van der Waals surface area contributed by atoms with E-state index in [9.17, 15) is 4.79 Å². The third kappa shape index (κ3) is 5.48. The molecule has 2 unspecified atom stereocenters. The van der Waals surface area contributed by atoms with Crippen LogP contribution in [-0.2, 0) is 17.7 Å². The fourth-order valence-corrected chi connectivity index (χ4v) is 4.86. The highest BCUT2D eigenvalue weighted by Gasteiger charge is 2.23. The van der Waals surface area contributed by atoms with Crippen LogP contribution in [0.25, 0.3) is 0 Å². The number of carbonyl (C=O) groups excluding carboxylic acids is 1. The molecule has 162 valence electrons. The number of nitrogens with zero attached hydrogens (tertiary/aromatic N) is 3. The van der Waals surface area contributed by atoms with Crippen LogP contribution in [0.1, 0.15) is 45.3 Å². The van der Waals surface area contributed by atoms with Gasteiger partial charge in [0.2, 0.25) is 0 Å². The van der Waals surface area contributed by atoms with Crippen LogP contribution in [0.15, 0.2) is 48.7 Å². The predicted molar refractivity (Wildman–Crippen MR) is 124 cm³/mol. The van der Waals surface area contributed by atoms with Crippen molar-refractivity contribution in [3.8, 4) is 0 Å². The Morgan fingerprint density at radius 2 is 1.87 bits per heavy atom. The SMILES string of the molecule is Cc1nc(Cc2ccccc2)sc1C(=O)NCc1ccc(N2CC(C)OC(C)C2)nc1. The topological polar surface area (TPSA) is 67.4 Å². The molecule has 0 radical (unpaired) electrons. The normalized spacial score (nSPS) is 18.7. The van der Waals surface area contributed by atoms with E-state index >= 15 is 0 Å². The molecule has 3 heterocycles. The van der Waals surface area contributed by atoms with Crippen LogP contribution in [0, 0.1) is 6.92 Å². The van der Waals surface area contributed by atoms with Gasteiger partial charge < -0.3 is 15.0 Å². The lowest BCUT2D eigenvalue weighted by Gasteiger charge is -2.36. The lowest BCUT2D eigenvalue weighted by atomic mass is 10.2. The second-order valence-electron chi connectivity index (χ2n) is 8.05. The summed E-state index contributed by atoms with van der Waals surface area (Å²) >= 11 is 1.46. The summed E-state index contributed by atoms with van der Waals surface area (Å²) in [5, 5.41) is 3.96. The van der Waals surface area contributed by atoms with E-state index in [0.717, 1.165) is 41.6 Å². The number of hydrogen-bond donors (Lipinski definition) is 1. The van der Waals surface area contributed by atoms with Gasteiger partial charge in [-0.1, -0.05) is 36.4 Å². The standard InChI is InChI=1S/C24H28N4O2S/c1-16-14-28(15-17(2)30-16)21-10-9-20(12-25-21)13-26-24(29)23-18(3)27-22(31-23)11-19-7-5-4-6-8-19/h4-10,12,16-17H,11,13-15H2,1-3H3,(H,26,29). The largest absolute Gasteiger partial charge is 0.372 e. The number of thiazole rings is 1. The van der Waals surface area contributed by atoms with E-state index < -0.39 is 0 Å². The molecule has 31 heavy (non-hydrogen) atoms. The van der Waals surface area contributed by atoms with Gasteiger partial charge in [-0.15, -0.1) is 11.3 Å². The minimum Gasteiger partial charge on any atom is -0.372 e. The fraction of sp³-hybridized carbons (Fsp3) is 0.375. The van der Waals surface area contributed by atoms with Crippen molar-refractivity contribution >= 4 is 23.1 Å². The molecule has 1 aliphatic rings. The van der Waals surface area contributed by atoms with E-state index in [4.69, 9.17) is 4.74 Å². The number of pyridine rings is 1. The molecule has 1 fully saturated rings. The molecular formula is C24H28N4O2S. The summed E-state index contributed by atoms with van der Waals surface area (Å²) in [6.07, 6.45) is 2.96.